The number of rotatable bonds is 6. The van der Waals surface area contributed by atoms with Gasteiger partial charge in [-0.05, 0) is 80.8 Å². The second kappa shape index (κ2) is 7.52. The summed E-state index contributed by atoms with van der Waals surface area (Å²) in [6.45, 7) is 1.68. The Bertz CT molecular complexity index is 616. The molecule has 1 aromatic carbocycles. The van der Waals surface area contributed by atoms with Crippen molar-refractivity contribution in [3.05, 3.63) is 35.9 Å². The third-order valence-electron chi connectivity index (χ3n) is 6.99. The summed E-state index contributed by atoms with van der Waals surface area (Å²) < 4.78 is 0. The lowest BCUT2D eigenvalue weighted by atomic mass is 9.42. The maximum atomic E-state index is 12.6. The van der Waals surface area contributed by atoms with E-state index in [4.69, 9.17) is 0 Å². The number of likely N-dealkylation sites (N-methyl/N-ethyl adjacent to an activating group) is 1. The van der Waals surface area contributed by atoms with E-state index < -0.39 is 0 Å². The van der Waals surface area contributed by atoms with E-state index in [2.05, 4.69) is 54.6 Å². The highest BCUT2D eigenvalue weighted by atomic mass is 35.5. The van der Waals surface area contributed by atoms with Crippen LogP contribution in [0.4, 0.5) is 0 Å². The first kappa shape index (κ1) is 19.7. The smallest absolute Gasteiger partial charge is 0.220 e. The zero-order valence-corrected chi connectivity index (χ0v) is 17.0. The predicted molar refractivity (Wildman–Crippen MR) is 109 cm³/mol. The quantitative estimate of drug-likeness (QED) is 0.813. The molecule has 4 saturated carbocycles. The molecule has 0 heterocycles. The van der Waals surface area contributed by atoms with E-state index >= 15 is 0 Å². The van der Waals surface area contributed by atoms with Crippen molar-refractivity contribution in [3.63, 3.8) is 0 Å². The van der Waals surface area contributed by atoms with Crippen molar-refractivity contribution in [2.75, 3.05) is 27.2 Å². The van der Waals surface area contributed by atoms with E-state index in [1.807, 2.05) is 0 Å². The molecule has 4 aliphatic carbocycles. The third-order valence-corrected chi connectivity index (χ3v) is 6.99. The van der Waals surface area contributed by atoms with Crippen molar-refractivity contribution >= 4 is 18.3 Å². The molecular weight excluding hydrogens is 344 g/mol. The number of hydrogen-bond donors (Lipinski definition) is 1. The number of carbonyl (C=O) groups is 1. The summed E-state index contributed by atoms with van der Waals surface area (Å²) in [6, 6.07) is 11.2. The summed E-state index contributed by atoms with van der Waals surface area (Å²) in [5.74, 6) is 1.93. The van der Waals surface area contributed by atoms with Crippen LogP contribution in [0.25, 0.3) is 0 Å². The lowest BCUT2D eigenvalue weighted by molar-refractivity contribution is -0.131. The summed E-state index contributed by atoms with van der Waals surface area (Å²) in [6.07, 6.45) is 8.60. The number of nitrogens with one attached hydrogen (secondary N) is 1. The molecule has 4 aliphatic rings. The summed E-state index contributed by atoms with van der Waals surface area (Å²) in [4.78, 5) is 14.7. The van der Waals surface area contributed by atoms with Crippen molar-refractivity contribution in [2.45, 2.75) is 50.4 Å². The first-order valence-electron chi connectivity index (χ1n) is 9.96. The SMILES string of the molecule is CN(C)CCNC(=O)CC12CC3CC(C1)CC(c1ccccc1)(C3)C2.Cl. The van der Waals surface area contributed by atoms with Gasteiger partial charge in [-0.3, -0.25) is 4.79 Å². The number of nitrogens with zero attached hydrogens (tertiary/aromatic N) is 1. The monoisotopic (exact) mass is 376 g/mol. The molecule has 0 aliphatic heterocycles. The number of hydrogen-bond acceptors (Lipinski definition) is 2. The van der Waals surface area contributed by atoms with Crippen molar-refractivity contribution < 1.29 is 4.79 Å². The Balaban J connectivity index is 0.00000196. The van der Waals surface area contributed by atoms with Crippen LogP contribution in [-0.4, -0.2) is 38.0 Å². The molecule has 0 radical (unpaired) electrons. The van der Waals surface area contributed by atoms with Crippen molar-refractivity contribution in [1.29, 1.82) is 0 Å². The maximum absolute atomic E-state index is 12.6. The van der Waals surface area contributed by atoms with Gasteiger partial charge in [0.05, 0.1) is 0 Å². The van der Waals surface area contributed by atoms with Crippen LogP contribution in [0.3, 0.4) is 0 Å². The second-order valence-electron chi connectivity index (χ2n) is 9.44. The lowest BCUT2D eigenvalue weighted by Crippen LogP contribution is -2.55. The topological polar surface area (TPSA) is 32.3 Å². The number of halogens is 1. The normalized spacial score (nSPS) is 34.6. The Labute approximate surface area is 164 Å². The molecule has 5 rings (SSSR count). The third kappa shape index (κ3) is 3.80. The van der Waals surface area contributed by atoms with Gasteiger partial charge in [-0.2, -0.15) is 0 Å². The zero-order valence-electron chi connectivity index (χ0n) is 16.2. The minimum Gasteiger partial charge on any atom is -0.355 e. The maximum Gasteiger partial charge on any atom is 0.220 e. The molecule has 4 heteroatoms. The van der Waals surface area contributed by atoms with E-state index in [1.54, 1.807) is 0 Å². The predicted octanol–water partition coefficient (Wildman–Crippen LogP) is 4.01. The zero-order chi connectivity index (χ0) is 17.5. The highest BCUT2D eigenvalue weighted by molar-refractivity contribution is 5.85. The Morgan fingerprint density at radius 1 is 1.12 bits per heavy atom. The van der Waals surface area contributed by atoms with Crippen molar-refractivity contribution in [1.82, 2.24) is 10.2 Å². The Hall–Kier alpha value is -1.06. The molecule has 1 aromatic rings. The summed E-state index contributed by atoms with van der Waals surface area (Å²) in [5, 5.41) is 3.16. The average molecular weight is 377 g/mol. The molecule has 4 bridgehead atoms. The van der Waals surface area contributed by atoms with Gasteiger partial charge in [0.2, 0.25) is 5.91 Å². The Morgan fingerprint density at radius 2 is 1.77 bits per heavy atom. The fourth-order valence-corrected chi connectivity index (χ4v) is 6.61. The molecule has 2 atom stereocenters. The van der Waals surface area contributed by atoms with E-state index in [1.165, 1.54) is 44.1 Å². The lowest BCUT2D eigenvalue weighted by Gasteiger charge is -2.62. The minimum atomic E-state index is 0. The molecule has 26 heavy (non-hydrogen) atoms. The van der Waals surface area contributed by atoms with Crippen LogP contribution in [0.15, 0.2) is 30.3 Å². The van der Waals surface area contributed by atoms with E-state index in [-0.39, 0.29) is 23.7 Å². The van der Waals surface area contributed by atoms with Gasteiger partial charge >= 0.3 is 0 Å². The molecular formula is C22H33ClN2O. The second-order valence-corrected chi connectivity index (χ2v) is 9.44. The molecule has 3 nitrogen and oxygen atoms in total. The van der Waals surface area contributed by atoms with Gasteiger partial charge < -0.3 is 10.2 Å². The fraction of sp³-hybridized carbons (Fsp3) is 0.682. The van der Waals surface area contributed by atoms with Crippen molar-refractivity contribution in [2.24, 2.45) is 17.3 Å². The van der Waals surface area contributed by atoms with Gasteiger partial charge in [0.15, 0.2) is 0 Å². The van der Waals surface area contributed by atoms with E-state index in [0.717, 1.165) is 31.3 Å². The molecule has 2 unspecified atom stereocenters. The Kier molecular flexibility index (Phi) is 5.69. The number of amides is 1. The van der Waals surface area contributed by atoms with Gasteiger partial charge in [0, 0.05) is 19.5 Å². The van der Waals surface area contributed by atoms with Crippen LogP contribution in [0.5, 0.6) is 0 Å². The van der Waals surface area contributed by atoms with Crippen molar-refractivity contribution in [3.8, 4) is 0 Å². The molecule has 1 amide bonds. The molecule has 4 fully saturated rings. The van der Waals surface area contributed by atoms with Crippen LogP contribution >= 0.6 is 12.4 Å². The van der Waals surface area contributed by atoms with Crippen LogP contribution in [-0.2, 0) is 10.2 Å². The van der Waals surface area contributed by atoms with Crippen LogP contribution in [0, 0.1) is 17.3 Å². The summed E-state index contributed by atoms with van der Waals surface area (Å²) >= 11 is 0. The number of benzene rings is 1. The average Bonchev–Trinajstić information content (AvgIpc) is 2.53. The molecule has 0 aromatic heterocycles. The molecule has 0 spiro atoms. The largest absolute Gasteiger partial charge is 0.355 e. The highest BCUT2D eigenvalue weighted by Gasteiger charge is 2.58. The van der Waals surface area contributed by atoms with E-state index in [9.17, 15) is 4.79 Å². The van der Waals surface area contributed by atoms with Gasteiger partial charge in [-0.15, -0.1) is 12.4 Å². The highest BCUT2D eigenvalue weighted by Crippen LogP contribution is 2.66. The first-order chi connectivity index (χ1) is 12.0. The summed E-state index contributed by atoms with van der Waals surface area (Å²) in [7, 11) is 4.10. The standard InChI is InChI=1S/C22H32N2O.ClH/c1-24(2)9-8-23-20(25)15-21-11-17-10-18(12-21)14-22(13-17,16-21)19-6-4-3-5-7-19;/h3-7,17-18H,8-16H2,1-2H3,(H,23,25);1H. The Morgan fingerprint density at radius 3 is 2.38 bits per heavy atom. The van der Waals surface area contributed by atoms with Gasteiger partial charge in [-0.1, -0.05) is 30.3 Å². The fourth-order valence-electron chi connectivity index (χ4n) is 6.61. The minimum absolute atomic E-state index is 0. The first-order valence-corrected chi connectivity index (χ1v) is 9.96. The van der Waals surface area contributed by atoms with Gasteiger partial charge in [-0.25, -0.2) is 0 Å². The van der Waals surface area contributed by atoms with Crippen LogP contribution in [0.2, 0.25) is 0 Å². The summed E-state index contributed by atoms with van der Waals surface area (Å²) in [5.41, 5.74) is 2.12. The molecule has 0 saturated heterocycles. The molecule has 1 N–H and O–H groups in total. The van der Waals surface area contributed by atoms with E-state index in [0.29, 0.717) is 5.41 Å². The molecule has 144 valence electrons. The van der Waals surface area contributed by atoms with Gasteiger partial charge in [0.1, 0.15) is 0 Å². The van der Waals surface area contributed by atoms with Crippen LogP contribution in [0.1, 0.15) is 50.5 Å². The van der Waals surface area contributed by atoms with Crippen LogP contribution < -0.4 is 5.32 Å². The van der Waals surface area contributed by atoms with Gasteiger partial charge in [0.25, 0.3) is 0 Å². The number of carbonyl (C=O) groups excluding carboxylic acids is 1.